The summed E-state index contributed by atoms with van der Waals surface area (Å²) in [4.78, 5) is 6.57. The molecule has 8 nitrogen and oxygen atoms in total. The quantitative estimate of drug-likeness (QED) is 0.658. The van der Waals surface area contributed by atoms with Gasteiger partial charge < -0.3 is 29.5 Å². The number of aliphatic imine (C=N–C) groups is 1. The largest absolute Gasteiger partial charge is 0.493 e. The molecule has 0 aromatic heterocycles. The number of rotatable bonds is 7. The number of methoxy groups -OCH3 is 3. The van der Waals surface area contributed by atoms with Crippen LogP contribution in [0.15, 0.2) is 29.4 Å². The maximum Gasteiger partial charge on any atom is 0.203 e. The Balaban J connectivity index is 1.84. The zero-order valence-corrected chi connectivity index (χ0v) is 15.3. The second-order valence-electron chi connectivity index (χ2n) is 6.19. The molecule has 3 rings (SSSR count). The van der Waals surface area contributed by atoms with Gasteiger partial charge >= 0.3 is 0 Å². The van der Waals surface area contributed by atoms with Crippen LogP contribution in [-0.4, -0.2) is 64.2 Å². The summed E-state index contributed by atoms with van der Waals surface area (Å²) in [7, 11) is 4.78. The Labute approximate surface area is 153 Å². The second-order valence-corrected chi connectivity index (χ2v) is 6.19. The summed E-state index contributed by atoms with van der Waals surface area (Å²) < 4.78 is 16.3. The Morgan fingerprint density at radius 1 is 1.23 bits per heavy atom. The van der Waals surface area contributed by atoms with E-state index in [4.69, 9.17) is 14.2 Å². The topological polar surface area (TPSA) is 87.6 Å². The van der Waals surface area contributed by atoms with E-state index < -0.39 is 0 Å². The van der Waals surface area contributed by atoms with Crippen LogP contribution in [0.4, 0.5) is 5.69 Å². The molecule has 2 aliphatic heterocycles. The van der Waals surface area contributed by atoms with Gasteiger partial charge in [0.2, 0.25) is 5.75 Å². The van der Waals surface area contributed by atoms with Crippen LogP contribution in [0.3, 0.4) is 0 Å². The molecule has 1 saturated heterocycles. The predicted octanol–water partition coefficient (Wildman–Crippen LogP) is 0.713. The number of benzene rings is 1. The van der Waals surface area contributed by atoms with Crippen LogP contribution in [0.2, 0.25) is 0 Å². The van der Waals surface area contributed by atoms with Crippen molar-refractivity contribution in [1.29, 1.82) is 0 Å². The third kappa shape index (κ3) is 3.77. The molecule has 0 radical (unpaired) electrons. The molecule has 8 heteroatoms. The predicted molar refractivity (Wildman–Crippen MR) is 100 cm³/mol. The van der Waals surface area contributed by atoms with Crippen LogP contribution in [0, 0.1) is 0 Å². The van der Waals surface area contributed by atoms with Crippen molar-refractivity contribution >= 4 is 11.9 Å². The number of nitrogens with one attached hydrogen (secondary N) is 2. The number of aliphatic hydroxyl groups is 1. The highest BCUT2D eigenvalue weighted by molar-refractivity contribution is 5.75. The molecule has 0 amide bonds. The molecule has 1 aromatic carbocycles. The van der Waals surface area contributed by atoms with Gasteiger partial charge in [-0.1, -0.05) is 0 Å². The SMILES string of the molecule is COc1cc(N2C=CC=NC2NC2CNC(CO)C2)cc(OC)c1OC. The number of nitrogens with zero attached hydrogens (tertiary/aromatic N) is 2. The summed E-state index contributed by atoms with van der Waals surface area (Å²) in [6.45, 7) is 0.937. The fourth-order valence-electron chi connectivity index (χ4n) is 3.28. The molecule has 0 spiro atoms. The van der Waals surface area contributed by atoms with Crippen LogP contribution in [0.1, 0.15) is 6.42 Å². The highest BCUT2D eigenvalue weighted by Gasteiger charge is 2.28. The highest BCUT2D eigenvalue weighted by atomic mass is 16.5. The molecule has 1 fully saturated rings. The summed E-state index contributed by atoms with van der Waals surface area (Å²) >= 11 is 0. The lowest BCUT2D eigenvalue weighted by Gasteiger charge is -2.32. The first-order valence-electron chi connectivity index (χ1n) is 8.58. The van der Waals surface area contributed by atoms with Gasteiger partial charge in [0, 0.05) is 43.2 Å². The molecule has 0 saturated carbocycles. The van der Waals surface area contributed by atoms with E-state index in [0.29, 0.717) is 17.2 Å². The monoisotopic (exact) mass is 362 g/mol. The van der Waals surface area contributed by atoms with Crippen molar-refractivity contribution in [3.8, 4) is 17.2 Å². The van der Waals surface area contributed by atoms with Crippen molar-refractivity contribution in [3.63, 3.8) is 0 Å². The number of anilines is 1. The van der Waals surface area contributed by atoms with Crippen molar-refractivity contribution in [1.82, 2.24) is 10.6 Å². The minimum absolute atomic E-state index is 0.130. The maximum absolute atomic E-state index is 9.30. The van der Waals surface area contributed by atoms with E-state index in [2.05, 4.69) is 15.6 Å². The molecule has 3 atom stereocenters. The zero-order valence-electron chi connectivity index (χ0n) is 15.3. The normalized spacial score (nSPS) is 24.8. The van der Waals surface area contributed by atoms with Crippen LogP contribution < -0.4 is 29.7 Å². The van der Waals surface area contributed by atoms with Crippen molar-refractivity contribution in [2.45, 2.75) is 24.8 Å². The molecule has 2 heterocycles. The Hall–Kier alpha value is -2.29. The van der Waals surface area contributed by atoms with E-state index >= 15 is 0 Å². The van der Waals surface area contributed by atoms with Gasteiger partial charge in [-0.15, -0.1) is 0 Å². The zero-order chi connectivity index (χ0) is 18.5. The number of aliphatic hydroxyl groups excluding tert-OH is 1. The first kappa shape index (κ1) is 18.5. The summed E-state index contributed by atoms with van der Waals surface area (Å²) in [6.07, 6.45) is 6.21. The Morgan fingerprint density at radius 2 is 1.96 bits per heavy atom. The number of allylic oxidation sites excluding steroid dienone is 1. The summed E-state index contributed by atoms with van der Waals surface area (Å²) in [5.74, 6) is 1.73. The lowest BCUT2D eigenvalue weighted by molar-refractivity contribution is 0.253. The van der Waals surface area contributed by atoms with Gasteiger partial charge in [-0.25, -0.2) is 0 Å². The third-order valence-corrected chi connectivity index (χ3v) is 4.60. The fourth-order valence-corrected chi connectivity index (χ4v) is 3.28. The lowest BCUT2D eigenvalue weighted by Crippen LogP contribution is -2.48. The Bertz CT molecular complexity index is 654. The minimum atomic E-state index is -0.257. The Kier molecular flexibility index (Phi) is 5.97. The molecular formula is C18H26N4O4. The van der Waals surface area contributed by atoms with Gasteiger partial charge in [-0.2, -0.15) is 0 Å². The lowest BCUT2D eigenvalue weighted by atomic mass is 10.2. The molecule has 1 aromatic rings. The van der Waals surface area contributed by atoms with E-state index in [1.54, 1.807) is 27.5 Å². The smallest absolute Gasteiger partial charge is 0.203 e. The standard InChI is InChI=1S/C18H26N4O4/c1-24-15-8-14(9-16(25-2)17(15)26-3)22-6-4-5-19-18(22)21-12-7-13(11-23)20-10-12/h4-6,8-9,12-13,18,20-21,23H,7,10-11H2,1-3H3. The Morgan fingerprint density at radius 3 is 2.54 bits per heavy atom. The van der Waals surface area contributed by atoms with E-state index in [9.17, 15) is 5.11 Å². The van der Waals surface area contributed by atoms with Gasteiger partial charge in [0.1, 0.15) is 0 Å². The first-order chi connectivity index (χ1) is 12.7. The van der Waals surface area contributed by atoms with Gasteiger partial charge in [0.25, 0.3) is 0 Å². The van der Waals surface area contributed by atoms with Crippen molar-refractivity contribution in [2.24, 2.45) is 4.99 Å². The van der Waals surface area contributed by atoms with Gasteiger partial charge in [0.05, 0.1) is 33.6 Å². The van der Waals surface area contributed by atoms with E-state index in [1.807, 2.05) is 29.3 Å². The number of hydrogen-bond acceptors (Lipinski definition) is 8. The van der Waals surface area contributed by atoms with E-state index in [-0.39, 0.29) is 25.0 Å². The number of ether oxygens (including phenoxy) is 3. The molecule has 3 N–H and O–H groups in total. The average molecular weight is 362 g/mol. The van der Waals surface area contributed by atoms with E-state index in [1.165, 1.54) is 0 Å². The number of hydrogen-bond donors (Lipinski definition) is 3. The molecule has 2 aliphatic rings. The average Bonchev–Trinajstić information content (AvgIpc) is 3.14. The molecule has 142 valence electrons. The third-order valence-electron chi connectivity index (χ3n) is 4.60. The van der Waals surface area contributed by atoms with Crippen LogP contribution in [-0.2, 0) is 0 Å². The summed E-state index contributed by atoms with van der Waals surface area (Å²) in [6, 6.07) is 4.14. The van der Waals surface area contributed by atoms with E-state index in [0.717, 1.165) is 18.7 Å². The summed E-state index contributed by atoms with van der Waals surface area (Å²) in [5, 5.41) is 16.1. The molecule has 3 unspecified atom stereocenters. The minimum Gasteiger partial charge on any atom is -0.493 e. The van der Waals surface area contributed by atoms with Crippen LogP contribution >= 0.6 is 0 Å². The van der Waals surface area contributed by atoms with Crippen molar-refractivity contribution < 1.29 is 19.3 Å². The molecule has 0 bridgehead atoms. The fraction of sp³-hybridized carbons (Fsp3) is 0.500. The first-order valence-corrected chi connectivity index (χ1v) is 8.58. The van der Waals surface area contributed by atoms with Crippen LogP contribution in [0.5, 0.6) is 17.2 Å². The van der Waals surface area contributed by atoms with Crippen molar-refractivity contribution in [2.75, 3.05) is 39.4 Å². The molecular weight excluding hydrogens is 336 g/mol. The van der Waals surface area contributed by atoms with Gasteiger partial charge in [-0.3, -0.25) is 10.3 Å². The maximum atomic E-state index is 9.30. The summed E-state index contributed by atoms with van der Waals surface area (Å²) in [5.41, 5.74) is 0.870. The van der Waals surface area contributed by atoms with Gasteiger partial charge in [-0.05, 0) is 12.5 Å². The van der Waals surface area contributed by atoms with Crippen molar-refractivity contribution in [3.05, 3.63) is 24.4 Å². The molecule has 26 heavy (non-hydrogen) atoms. The molecule has 0 aliphatic carbocycles. The van der Waals surface area contributed by atoms with Gasteiger partial charge in [0.15, 0.2) is 17.8 Å². The van der Waals surface area contributed by atoms with Crippen LogP contribution in [0.25, 0.3) is 0 Å². The highest BCUT2D eigenvalue weighted by Crippen LogP contribution is 2.41. The second kappa shape index (κ2) is 8.39.